The molecular weight excluding hydrogens is 364 g/mol. The van der Waals surface area contributed by atoms with Gasteiger partial charge in [-0.2, -0.15) is 0 Å². The maximum Gasteiger partial charge on any atom is 0.277 e. The second-order valence-corrected chi connectivity index (χ2v) is 5.96. The molecule has 1 amide bonds. The van der Waals surface area contributed by atoms with Crippen molar-refractivity contribution >= 4 is 33.7 Å². The van der Waals surface area contributed by atoms with Gasteiger partial charge in [0.1, 0.15) is 0 Å². The first-order chi connectivity index (χ1) is 13.5. The Bertz CT molecular complexity index is 1030. The molecule has 3 aromatic carbocycles. The van der Waals surface area contributed by atoms with E-state index in [4.69, 9.17) is 0 Å². The van der Waals surface area contributed by atoms with Gasteiger partial charge in [0.15, 0.2) is 0 Å². The first-order valence-corrected chi connectivity index (χ1v) is 8.39. The number of nitrogens with zero attached hydrogens (tertiary/aromatic N) is 2. The van der Waals surface area contributed by atoms with Crippen molar-refractivity contribution < 1.29 is 14.6 Å². The Hall–Kier alpha value is -4.01. The monoisotopic (exact) mass is 380 g/mol. The minimum Gasteiger partial charge on any atom is -0.383 e. The number of nitro benzene ring substituents is 2. The molecule has 0 saturated heterocycles. The van der Waals surface area contributed by atoms with E-state index in [-0.39, 0.29) is 12.1 Å². The third-order valence-electron chi connectivity index (χ3n) is 4.10. The van der Waals surface area contributed by atoms with Gasteiger partial charge in [-0.05, 0) is 11.5 Å². The summed E-state index contributed by atoms with van der Waals surface area (Å²) in [6.07, 6.45) is 0. The number of carbonyl (C=O) groups excluding carboxylic acids is 1. The van der Waals surface area contributed by atoms with E-state index in [9.17, 15) is 25.0 Å². The van der Waals surface area contributed by atoms with Crippen LogP contribution in [0.3, 0.4) is 0 Å². The average molecular weight is 380 g/mol. The molecule has 0 fully saturated rings. The van der Waals surface area contributed by atoms with Gasteiger partial charge in [0.05, 0.1) is 21.5 Å². The van der Waals surface area contributed by atoms with Crippen LogP contribution < -0.4 is 10.6 Å². The number of nitro groups is 2. The highest BCUT2D eigenvalue weighted by Crippen LogP contribution is 2.23. The molecule has 0 aliphatic heterocycles. The van der Waals surface area contributed by atoms with Crippen LogP contribution in [0.2, 0.25) is 0 Å². The lowest BCUT2D eigenvalue weighted by atomic mass is 10.1. The van der Waals surface area contributed by atoms with Crippen LogP contribution in [-0.4, -0.2) is 28.8 Å². The molecule has 0 saturated carbocycles. The van der Waals surface area contributed by atoms with Crippen LogP contribution in [0.25, 0.3) is 10.8 Å². The average Bonchev–Trinajstić information content (AvgIpc) is 2.70. The summed E-state index contributed by atoms with van der Waals surface area (Å²) in [6, 6.07) is 16.6. The van der Waals surface area contributed by atoms with Gasteiger partial charge < -0.3 is 10.6 Å². The number of fused-ring (bicyclic) bond motifs is 1. The molecule has 28 heavy (non-hydrogen) atoms. The molecule has 0 atom stereocenters. The molecule has 0 radical (unpaired) electrons. The minimum absolute atomic E-state index is 0.133. The number of hydrogen-bond donors (Lipinski definition) is 2. The SMILES string of the molecule is O=C(NCCNc1cccc2ccccc12)c1cc([N+](=O)[O-])cc([N+](=O)[O-])c1. The fourth-order valence-electron chi connectivity index (χ4n) is 2.79. The van der Waals surface area contributed by atoms with Gasteiger partial charge in [0.25, 0.3) is 17.3 Å². The van der Waals surface area contributed by atoms with Crippen LogP contribution in [0.4, 0.5) is 17.1 Å². The number of nitrogens with one attached hydrogen (secondary N) is 2. The molecule has 0 heterocycles. The molecule has 0 unspecified atom stereocenters. The van der Waals surface area contributed by atoms with Gasteiger partial charge >= 0.3 is 0 Å². The maximum absolute atomic E-state index is 12.2. The first-order valence-electron chi connectivity index (χ1n) is 8.39. The van der Waals surface area contributed by atoms with Gasteiger partial charge in [0.2, 0.25) is 0 Å². The maximum atomic E-state index is 12.2. The summed E-state index contributed by atoms with van der Waals surface area (Å²) in [7, 11) is 0. The number of benzene rings is 3. The van der Waals surface area contributed by atoms with E-state index in [1.54, 1.807) is 0 Å². The lowest BCUT2D eigenvalue weighted by molar-refractivity contribution is -0.394. The molecule has 0 aliphatic rings. The van der Waals surface area contributed by atoms with E-state index >= 15 is 0 Å². The number of non-ortho nitro benzene ring substituents is 2. The summed E-state index contributed by atoms with van der Waals surface area (Å²) in [4.78, 5) is 32.5. The van der Waals surface area contributed by atoms with E-state index < -0.39 is 27.1 Å². The second-order valence-electron chi connectivity index (χ2n) is 5.96. The quantitative estimate of drug-likeness (QED) is 0.367. The molecule has 0 aromatic heterocycles. The zero-order valence-electron chi connectivity index (χ0n) is 14.6. The van der Waals surface area contributed by atoms with Crippen LogP contribution in [0.15, 0.2) is 60.7 Å². The van der Waals surface area contributed by atoms with Crippen molar-refractivity contribution in [3.8, 4) is 0 Å². The number of anilines is 1. The normalized spacial score (nSPS) is 10.4. The molecule has 9 nitrogen and oxygen atoms in total. The molecule has 2 N–H and O–H groups in total. The highest BCUT2D eigenvalue weighted by atomic mass is 16.6. The summed E-state index contributed by atoms with van der Waals surface area (Å²) in [5.41, 5.74) is -0.231. The molecule has 0 spiro atoms. The molecule has 3 rings (SSSR count). The van der Waals surface area contributed by atoms with Crippen molar-refractivity contribution in [3.05, 3.63) is 86.5 Å². The van der Waals surface area contributed by atoms with Crippen LogP contribution in [-0.2, 0) is 0 Å². The van der Waals surface area contributed by atoms with Gasteiger partial charge in [-0.3, -0.25) is 25.0 Å². The van der Waals surface area contributed by atoms with E-state index in [0.717, 1.165) is 34.7 Å². The predicted octanol–water partition coefficient (Wildman–Crippen LogP) is 3.50. The summed E-state index contributed by atoms with van der Waals surface area (Å²) in [5, 5.41) is 29.8. The number of hydrogen-bond acceptors (Lipinski definition) is 6. The van der Waals surface area contributed by atoms with Crippen molar-refractivity contribution in [3.63, 3.8) is 0 Å². The number of carbonyl (C=O) groups is 1. The summed E-state index contributed by atoms with van der Waals surface area (Å²) >= 11 is 0. The lowest BCUT2D eigenvalue weighted by Crippen LogP contribution is -2.28. The Labute approximate surface area is 159 Å². The third kappa shape index (κ3) is 4.21. The second kappa shape index (κ2) is 8.12. The third-order valence-corrected chi connectivity index (χ3v) is 4.10. The predicted molar refractivity (Wildman–Crippen MR) is 105 cm³/mol. The lowest BCUT2D eigenvalue weighted by Gasteiger charge is -2.10. The van der Waals surface area contributed by atoms with Gasteiger partial charge in [-0.1, -0.05) is 36.4 Å². The van der Waals surface area contributed by atoms with Crippen molar-refractivity contribution in [1.82, 2.24) is 5.32 Å². The van der Waals surface area contributed by atoms with Crippen LogP contribution in [0.5, 0.6) is 0 Å². The smallest absolute Gasteiger partial charge is 0.277 e. The Morgan fingerprint density at radius 2 is 1.50 bits per heavy atom. The van der Waals surface area contributed by atoms with E-state index in [1.165, 1.54) is 0 Å². The van der Waals surface area contributed by atoms with Crippen molar-refractivity contribution in [2.45, 2.75) is 0 Å². The van der Waals surface area contributed by atoms with Crippen molar-refractivity contribution in [1.29, 1.82) is 0 Å². The fourth-order valence-corrected chi connectivity index (χ4v) is 2.79. The molecule has 0 aliphatic carbocycles. The molecule has 0 bridgehead atoms. The molecule has 142 valence electrons. The Morgan fingerprint density at radius 3 is 2.18 bits per heavy atom. The first kappa shape index (κ1) is 18.8. The number of amides is 1. The zero-order valence-corrected chi connectivity index (χ0v) is 14.6. The van der Waals surface area contributed by atoms with Crippen LogP contribution in [0, 0.1) is 20.2 Å². The van der Waals surface area contributed by atoms with E-state index in [2.05, 4.69) is 10.6 Å². The van der Waals surface area contributed by atoms with Crippen LogP contribution in [0.1, 0.15) is 10.4 Å². The number of rotatable bonds is 7. The van der Waals surface area contributed by atoms with Crippen molar-refractivity contribution in [2.75, 3.05) is 18.4 Å². The summed E-state index contributed by atoms with van der Waals surface area (Å²) in [6.45, 7) is 0.648. The summed E-state index contributed by atoms with van der Waals surface area (Å²) < 4.78 is 0. The molecule has 3 aromatic rings. The van der Waals surface area contributed by atoms with Gasteiger partial charge in [0, 0.05) is 36.3 Å². The van der Waals surface area contributed by atoms with Crippen LogP contribution >= 0.6 is 0 Å². The zero-order chi connectivity index (χ0) is 20.1. The highest BCUT2D eigenvalue weighted by Gasteiger charge is 2.19. The van der Waals surface area contributed by atoms with Gasteiger partial charge in [-0.25, -0.2) is 0 Å². The largest absolute Gasteiger partial charge is 0.383 e. The van der Waals surface area contributed by atoms with Crippen molar-refractivity contribution in [2.24, 2.45) is 0 Å². The Kier molecular flexibility index (Phi) is 5.45. The minimum atomic E-state index is -0.772. The fraction of sp³-hybridized carbons (Fsp3) is 0.105. The molecule has 9 heteroatoms. The highest BCUT2D eigenvalue weighted by molar-refractivity contribution is 5.96. The van der Waals surface area contributed by atoms with Gasteiger partial charge in [-0.15, -0.1) is 0 Å². The van der Waals surface area contributed by atoms with E-state index in [1.807, 2.05) is 42.5 Å². The molecular formula is C19H16N4O5. The Morgan fingerprint density at radius 1 is 0.857 bits per heavy atom. The topological polar surface area (TPSA) is 127 Å². The van der Waals surface area contributed by atoms with E-state index in [0.29, 0.717) is 6.54 Å². The summed E-state index contributed by atoms with van der Waals surface area (Å²) in [5.74, 6) is -0.619. The Balaban J connectivity index is 1.64. The standard InChI is InChI=1S/C19H16N4O5/c24-19(14-10-15(22(25)26)12-16(11-14)23(27)28)21-9-8-20-18-7-3-5-13-4-1-2-6-17(13)18/h1-7,10-12,20H,8-9H2,(H,21,24).